The van der Waals surface area contributed by atoms with Crippen molar-refractivity contribution < 1.29 is 42.0 Å². The smallest absolute Gasteiger partial charge is 0.272 e. The van der Waals surface area contributed by atoms with Gasteiger partial charge in [-0.15, -0.1) is 0 Å². The first-order valence-corrected chi connectivity index (χ1v) is 17.7. The van der Waals surface area contributed by atoms with Crippen LogP contribution in [0.25, 0.3) is 0 Å². The molecule has 6 rings (SSSR count). The molecule has 5 aromatic rings. The summed E-state index contributed by atoms with van der Waals surface area (Å²) in [5, 5.41) is 0.489. The number of ether oxygens (including phenoxy) is 6. The van der Waals surface area contributed by atoms with E-state index in [4.69, 9.17) is 40.0 Å². The van der Waals surface area contributed by atoms with Gasteiger partial charge in [-0.25, -0.2) is 8.78 Å². The Hall–Kier alpha value is -4.48. The van der Waals surface area contributed by atoms with Gasteiger partial charge in [-0.2, -0.15) is 0 Å². The van der Waals surface area contributed by atoms with E-state index >= 15 is 0 Å². The molecule has 1 aliphatic rings. The zero-order valence-electron chi connectivity index (χ0n) is 29.2. The van der Waals surface area contributed by atoms with E-state index in [1.807, 2.05) is 97.1 Å². The minimum Gasteiger partial charge on any atom is -0.488 e. The molecule has 1 heterocycles. The fraction of sp³-hybridized carbons (Fsp3) is 0.279. The molecular weight excluding hydrogens is 702 g/mol. The lowest BCUT2D eigenvalue weighted by Gasteiger charge is -2.51. The zero-order chi connectivity index (χ0) is 37.0. The fourth-order valence-electron chi connectivity index (χ4n) is 6.41. The van der Waals surface area contributed by atoms with Crippen LogP contribution in [-0.4, -0.2) is 50.8 Å². The highest BCUT2D eigenvalue weighted by Gasteiger charge is 2.58. The van der Waals surface area contributed by atoms with Crippen molar-refractivity contribution in [3.63, 3.8) is 0 Å². The van der Waals surface area contributed by atoms with Crippen LogP contribution in [0.15, 0.2) is 133 Å². The standard InChI is InChI=1S/C43H41ClF2O7/c1-48-43(35-19-22-37(44)34(24-35)23-30-17-20-36(21-18-30)49-29-39(45)46)42(52-28-33-15-9-4-10-16-33)41(51-27-32-13-7-3-8-14-32)40(38(25-47)53-43)50-26-31-11-5-2-6-12-31/h2-22,24-25,38-42H,23,26-29H2,1H3/t38?,40-,41+,42-,43+/m1/s1. The maximum absolute atomic E-state index is 13.0. The Kier molecular flexibility index (Phi) is 13.4. The van der Waals surface area contributed by atoms with E-state index < -0.39 is 43.2 Å². The van der Waals surface area contributed by atoms with Crippen LogP contribution in [0, 0.1) is 0 Å². The number of alkyl halides is 2. The molecular formula is C43H41ClF2O7. The molecule has 7 nitrogen and oxygen atoms in total. The van der Waals surface area contributed by atoms with Crippen molar-refractivity contribution in [2.45, 2.75) is 62.9 Å². The van der Waals surface area contributed by atoms with Gasteiger partial charge in [0.1, 0.15) is 36.8 Å². The van der Waals surface area contributed by atoms with Crippen LogP contribution >= 0.6 is 11.6 Å². The molecule has 1 fully saturated rings. The van der Waals surface area contributed by atoms with Crippen molar-refractivity contribution in [1.29, 1.82) is 0 Å². The van der Waals surface area contributed by atoms with E-state index in [9.17, 15) is 13.6 Å². The molecule has 0 N–H and O–H groups in total. The maximum atomic E-state index is 13.0. The topological polar surface area (TPSA) is 72.5 Å². The second-order valence-electron chi connectivity index (χ2n) is 12.7. The van der Waals surface area contributed by atoms with Crippen molar-refractivity contribution in [3.8, 4) is 5.75 Å². The summed E-state index contributed by atoms with van der Waals surface area (Å²) in [6, 6.07) is 41.4. The van der Waals surface area contributed by atoms with E-state index in [0.29, 0.717) is 29.0 Å². The highest BCUT2D eigenvalue weighted by molar-refractivity contribution is 6.31. The van der Waals surface area contributed by atoms with Gasteiger partial charge in [0.05, 0.1) is 19.8 Å². The first-order chi connectivity index (χ1) is 25.9. The summed E-state index contributed by atoms with van der Waals surface area (Å²) in [5.74, 6) is -1.31. The molecule has 1 aliphatic heterocycles. The van der Waals surface area contributed by atoms with E-state index in [2.05, 4.69) is 0 Å². The Morgan fingerprint density at radius 2 is 1.26 bits per heavy atom. The van der Waals surface area contributed by atoms with E-state index in [-0.39, 0.29) is 19.8 Å². The maximum Gasteiger partial charge on any atom is 0.272 e. The lowest BCUT2D eigenvalue weighted by Crippen LogP contribution is -2.65. The van der Waals surface area contributed by atoms with Crippen LogP contribution in [0.4, 0.5) is 8.78 Å². The molecule has 0 spiro atoms. The molecule has 0 aliphatic carbocycles. The highest BCUT2D eigenvalue weighted by atomic mass is 35.5. The van der Waals surface area contributed by atoms with Crippen LogP contribution in [0.5, 0.6) is 5.75 Å². The van der Waals surface area contributed by atoms with Gasteiger partial charge < -0.3 is 33.2 Å². The van der Waals surface area contributed by atoms with E-state index in [1.165, 1.54) is 7.11 Å². The largest absolute Gasteiger partial charge is 0.488 e. The third kappa shape index (κ3) is 9.74. The lowest BCUT2D eigenvalue weighted by molar-refractivity contribution is -0.373. The van der Waals surface area contributed by atoms with Crippen LogP contribution in [-0.2, 0) is 60.5 Å². The number of hydrogen-bond donors (Lipinski definition) is 0. The number of halogens is 3. The summed E-state index contributed by atoms with van der Waals surface area (Å²) in [4.78, 5) is 13.0. The summed E-state index contributed by atoms with van der Waals surface area (Å²) >= 11 is 6.77. The molecule has 0 radical (unpaired) electrons. The Bertz CT molecular complexity index is 1870. The molecule has 53 heavy (non-hydrogen) atoms. The number of hydrogen-bond acceptors (Lipinski definition) is 7. The minimum absolute atomic E-state index is 0.183. The van der Waals surface area contributed by atoms with E-state index in [0.717, 1.165) is 27.8 Å². The summed E-state index contributed by atoms with van der Waals surface area (Å²) in [6.45, 7) is -0.0956. The molecule has 5 aromatic carbocycles. The number of aldehydes is 1. The summed E-state index contributed by atoms with van der Waals surface area (Å²) in [6.07, 6.45) is -5.26. The molecule has 0 bridgehead atoms. The highest BCUT2D eigenvalue weighted by Crippen LogP contribution is 2.44. The van der Waals surface area contributed by atoms with Gasteiger partial charge in [-0.1, -0.05) is 121 Å². The Morgan fingerprint density at radius 1 is 0.717 bits per heavy atom. The van der Waals surface area contributed by atoms with Crippen LogP contribution in [0.1, 0.15) is 33.4 Å². The first kappa shape index (κ1) is 38.3. The second-order valence-corrected chi connectivity index (χ2v) is 13.1. The Morgan fingerprint density at radius 3 is 1.79 bits per heavy atom. The number of methoxy groups -OCH3 is 1. The number of carbonyl (C=O) groups is 1. The van der Waals surface area contributed by atoms with Gasteiger partial charge in [0.15, 0.2) is 6.29 Å². The van der Waals surface area contributed by atoms with Gasteiger partial charge in [0.25, 0.3) is 6.43 Å². The number of carbonyl (C=O) groups excluding carboxylic acids is 1. The molecule has 10 heteroatoms. The van der Waals surface area contributed by atoms with Gasteiger partial charge in [-0.3, -0.25) is 0 Å². The second kappa shape index (κ2) is 18.5. The van der Waals surface area contributed by atoms with Crippen LogP contribution in [0.2, 0.25) is 5.02 Å². The summed E-state index contributed by atoms with van der Waals surface area (Å²) in [7, 11) is 1.51. The lowest BCUT2D eigenvalue weighted by atomic mass is 9.86. The molecule has 0 aromatic heterocycles. The predicted octanol–water partition coefficient (Wildman–Crippen LogP) is 8.73. The number of rotatable bonds is 17. The van der Waals surface area contributed by atoms with Crippen molar-refractivity contribution in [3.05, 3.63) is 172 Å². The van der Waals surface area contributed by atoms with Gasteiger partial charge in [0.2, 0.25) is 5.79 Å². The van der Waals surface area contributed by atoms with E-state index in [1.54, 1.807) is 36.4 Å². The average molecular weight is 743 g/mol. The SMILES string of the molecule is CO[C@@]1(c2ccc(Cl)c(Cc3ccc(OCC(F)F)cc3)c2)OC(C=O)[C@@H](OCc2ccccc2)[C@H](OCc2ccccc2)[C@H]1OCc1ccccc1. The number of benzene rings is 5. The molecule has 0 saturated carbocycles. The third-order valence-corrected chi connectivity index (χ3v) is 9.42. The van der Waals surface area contributed by atoms with Crippen molar-refractivity contribution >= 4 is 17.9 Å². The van der Waals surface area contributed by atoms with Crippen molar-refractivity contribution in [2.75, 3.05) is 13.7 Å². The molecule has 0 amide bonds. The predicted molar refractivity (Wildman–Crippen MR) is 197 cm³/mol. The summed E-state index contributed by atoms with van der Waals surface area (Å²) < 4.78 is 63.5. The van der Waals surface area contributed by atoms with Gasteiger partial charge in [0, 0.05) is 17.7 Å². The van der Waals surface area contributed by atoms with Gasteiger partial charge >= 0.3 is 0 Å². The zero-order valence-corrected chi connectivity index (χ0v) is 29.9. The average Bonchev–Trinajstić information content (AvgIpc) is 3.20. The molecule has 5 atom stereocenters. The monoisotopic (exact) mass is 742 g/mol. The third-order valence-electron chi connectivity index (χ3n) is 9.05. The normalized spacial score (nSPS) is 21.4. The fourth-order valence-corrected chi connectivity index (χ4v) is 6.60. The Balaban J connectivity index is 1.38. The quantitative estimate of drug-likeness (QED) is 0.0883. The van der Waals surface area contributed by atoms with Crippen molar-refractivity contribution in [1.82, 2.24) is 0 Å². The summed E-state index contributed by atoms with van der Waals surface area (Å²) in [5.41, 5.74) is 4.91. The molecule has 1 saturated heterocycles. The van der Waals surface area contributed by atoms with Crippen LogP contribution in [0.3, 0.4) is 0 Å². The molecule has 276 valence electrons. The van der Waals surface area contributed by atoms with Crippen LogP contribution < -0.4 is 4.74 Å². The van der Waals surface area contributed by atoms with Crippen molar-refractivity contribution in [2.24, 2.45) is 0 Å². The first-order valence-electron chi connectivity index (χ1n) is 17.3. The Labute approximate surface area is 313 Å². The van der Waals surface area contributed by atoms with Gasteiger partial charge in [-0.05, 0) is 58.5 Å². The minimum atomic E-state index is -2.57. The molecule has 1 unspecified atom stereocenters.